The number of aliphatic hydroxyl groups is 4. The molecule has 2 saturated carbocycles. The Bertz CT molecular complexity index is 198. The van der Waals surface area contributed by atoms with Crippen molar-refractivity contribution in [2.24, 2.45) is 11.5 Å². The zero-order valence-corrected chi connectivity index (χ0v) is 10.7. The quantitative estimate of drug-likeness (QED) is 0.313. The molecule has 0 heterocycles. The zero-order chi connectivity index (χ0) is 13.7. The predicted molar refractivity (Wildman–Crippen MR) is 67.7 cm³/mol. The van der Waals surface area contributed by atoms with Gasteiger partial charge in [-0.05, 0) is 38.5 Å². The molecular weight excluding hydrogens is 236 g/mol. The van der Waals surface area contributed by atoms with Crippen LogP contribution in [0.1, 0.15) is 38.5 Å². The Morgan fingerprint density at radius 1 is 0.611 bits per heavy atom. The van der Waals surface area contributed by atoms with E-state index in [1.807, 2.05) is 0 Å². The van der Waals surface area contributed by atoms with Gasteiger partial charge in [-0.3, -0.25) is 0 Å². The Morgan fingerprint density at radius 2 is 0.944 bits per heavy atom. The van der Waals surface area contributed by atoms with Gasteiger partial charge in [0.1, 0.15) is 0 Å². The molecule has 6 nitrogen and oxygen atoms in total. The molecule has 0 radical (unpaired) electrons. The maximum Gasteiger partial charge on any atom is 0.0949 e. The van der Waals surface area contributed by atoms with E-state index in [0.717, 1.165) is 25.7 Å². The van der Waals surface area contributed by atoms with Gasteiger partial charge in [0.05, 0.1) is 24.4 Å². The minimum atomic E-state index is -0.696. The van der Waals surface area contributed by atoms with Crippen LogP contribution in [0, 0.1) is 0 Å². The monoisotopic (exact) mass is 262 g/mol. The molecule has 2 rings (SSSR count). The summed E-state index contributed by atoms with van der Waals surface area (Å²) in [6, 6.07) is -0.428. The number of nitrogens with two attached hydrogens (primary N) is 2. The third-order valence-corrected chi connectivity index (χ3v) is 3.74. The summed E-state index contributed by atoms with van der Waals surface area (Å²) in [4.78, 5) is 0. The van der Waals surface area contributed by atoms with E-state index in [-0.39, 0.29) is 12.1 Å². The van der Waals surface area contributed by atoms with Crippen LogP contribution in [0.2, 0.25) is 0 Å². The molecule has 8 N–H and O–H groups in total. The molecule has 2 fully saturated rings. The van der Waals surface area contributed by atoms with E-state index in [4.69, 9.17) is 31.9 Å². The van der Waals surface area contributed by atoms with E-state index in [2.05, 4.69) is 0 Å². The number of hydrogen-bond donors (Lipinski definition) is 6. The molecule has 0 bridgehead atoms. The van der Waals surface area contributed by atoms with Gasteiger partial charge in [-0.2, -0.15) is 0 Å². The highest BCUT2D eigenvalue weighted by Crippen LogP contribution is 2.17. The average Bonchev–Trinajstić information content (AvgIpc) is 2.34. The molecule has 0 unspecified atom stereocenters. The van der Waals surface area contributed by atoms with Gasteiger partial charge in [-0.1, -0.05) is 0 Å². The first kappa shape index (κ1) is 15.8. The van der Waals surface area contributed by atoms with Crippen molar-refractivity contribution in [1.29, 1.82) is 0 Å². The zero-order valence-electron chi connectivity index (χ0n) is 10.7. The maximum atomic E-state index is 9.07. The minimum absolute atomic E-state index is 0.214. The summed E-state index contributed by atoms with van der Waals surface area (Å²) in [5, 5.41) is 36.2. The molecule has 6 atom stereocenters. The van der Waals surface area contributed by atoms with Gasteiger partial charge in [0.15, 0.2) is 0 Å². The molecule has 2 aliphatic carbocycles. The van der Waals surface area contributed by atoms with Crippen LogP contribution in [-0.2, 0) is 0 Å². The molecule has 0 aromatic heterocycles. The van der Waals surface area contributed by atoms with Crippen molar-refractivity contribution in [2.75, 3.05) is 0 Å². The van der Waals surface area contributed by atoms with E-state index in [1.54, 1.807) is 0 Å². The van der Waals surface area contributed by atoms with Crippen molar-refractivity contribution < 1.29 is 20.4 Å². The first-order chi connectivity index (χ1) is 8.43. The highest BCUT2D eigenvalue weighted by atomic mass is 16.3. The van der Waals surface area contributed by atoms with Crippen molar-refractivity contribution in [2.45, 2.75) is 75.0 Å². The van der Waals surface area contributed by atoms with Gasteiger partial charge in [-0.15, -0.1) is 0 Å². The number of rotatable bonds is 0. The third kappa shape index (κ3) is 4.46. The van der Waals surface area contributed by atoms with Crippen LogP contribution in [0.3, 0.4) is 0 Å². The Hall–Kier alpha value is -0.240. The minimum Gasteiger partial charge on any atom is -0.390 e. The Labute approximate surface area is 108 Å². The fourth-order valence-electron chi connectivity index (χ4n) is 2.38. The van der Waals surface area contributed by atoms with Crippen LogP contribution in [0.4, 0.5) is 0 Å². The van der Waals surface area contributed by atoms with Crippen LogP contribution in [0.25, 0.3) is 0 Å². The lowest BCUT2D eigenvalue weighted by Gasteiger charge is -2.28. The predicted octanol–water partition coefficient (Wildman–Crippen LogP) is -1.56. The van der Waals surface area contributed by atoms with Crippen LogP contribution >= 0.6 is 0 Å². The first-order valence-electron chi connectivity index (χ1n) is 6.67. The standard InChI is InChI=1S/2C6H13NO2/c2*7-4-2-1-3-5(8)6(4)9/h2*4-6,8-9H,1-3,7H2/t2*4-,5-,6+/m10/s1. The van der Waals surface area contributed by atoms with E-state index >= 15 is 0 Å². The highest BCUT2D eigenvalue weighted by Gasteiger charge is 2.27. The van der Waals surface area contributed by atoms with Crippen molar-refractivity contribution in [3.8, 4) is 0 Å². The van der Waals surface area contributed by atoms with E-state index in [9.17, 15) is 0 Å². The van der Waals surface area contributed by atoms with E-state index in [0.29, 0.717) is 12.8 Å². The average molecular weight is 262 g/mol. The Balaban J connectivity index is 0.000000180. The van der Waals surface area contributed by atoms with Gasteiger partial charge in [-0.25, -0.2) is 0 Å². The first-order valence-corrected chi connectivity index (χ1v) is 6.67. The second-order valence-corrected chi connectivity index (χ2v) is 5.31. The molecule has 0 aromatic rings. The lowest BCUT2D eigenvalue weighted by Crippen LogP contribution is -2.46. The summed E-state index contributed by atoms with van der Waals surface area (Å²) < 4.78 is 0. The molecule has 0 aromatic carbocycles. The Morgan fingerprint density at radius 3 is 1.17 bits per heavy atom. The lowest BCUT2D eigenvalue weighted by atomic mass is 9.91. The SMILES string of the molecule is N[C@@H]1CCC[C@@H](O)[C@H]1O.N[C@H]1CCC[C@H](O)[C@@H]1O. The second-order valence-electron chi connectivity index (χ2n) is 5.31. The highest BCUT2D eigenvalue weighted by molar-refractivity contribution is 4.84. The van der Waals surface area contributed by atoms with Gasteiger partial charge in [0.25, 0.3) is 0 Å². The smallest absolute Gasteiger partial charge is 0.0949 e. The molecule has 0 saturated heterocycles. The fourth-order valence-corrected chi connectivity index (χ4v) is 2.38. The topological polar surface area (TPSA) is 133 Å². The van der Waals surface area contributed by atoms with Crippen molar-refractivity contribution in [1.82, 2.24) is 0 Å². The van der Waals surface area contributed by atoms with Crippen LogP contribution in [0.15, 0.2) is 0 Å². The number of hydrogen-bond acceptors (Lipinski definition) is 6. The molecule has 6 heteroatoms. The molecule has 0 spiro atoms. The van der Waals surface area contributed by atoms with Crippen LogP contribution in [-0.4, -0.2) is 56.9 Å². The van der Waals surface area contributed by atoms with E-state index < -0.39 is 24.4 Å². The molecule has 0 aliphatic heterocycles. The van der Waals surface area contributed by atoms with Gasteiger partial charge in [0, 0.05) is 12.1 Å². The Kier molecular flexibility index (Phi) is 6.48. The fraction of sp³-hybridized carbons (Fsp3) is 1.00. The van der Waals surface area contributed by atoms with Crippen molar-refractivity contribution in [3.63, 3.8) is 0 Å². The van der Waals surface area contributed by atoms with Crippen LogP contribution in [0.5, 0.6) is 0 Å². The van der Waals surface area contributed by atoms with Crippen molar-refractivity contribution in [3.05, 3.63) is 0 Å². The number of aliphatic hydroxyl groups excluding tert-OH is 4. The molecule has 2 aliphatic rings. The summed E-state index contributed by atoms with van der Waals surface area (Å²) in [6.45, 7) is 0. The summed E-state index contributed by atoms with van der Waals surface area (Å²) in [5.41, 5.74) is 10.9. The second kappa shape index (κ2) is 7.37. The van der Waals surface area contributed by atoms with Gasteiger partial charge < -0.3 is 31.9 Å². The van der Waals surface area contributed by atoms with Crippen molar-refractivity contribution >= 4 is 0 Å². The largest absolute Gasteiger partial charge is 0.390 e. The molecular formula is C12H26N2O4. The summed E-state index contributed by atoms with van der Waals surface area (Å²) in [6.07, 6.45) is 2.33. The molecule has 0 amide bonds. The maximum absolute atomic E-state index is 9.07. The molecule has 108 valence electrons. The summed E-state index contributed by atoms with van der Waals surface area (Å²) in [7, 11) is 0. The summed E-state index contributed by atoms with van der Waals surface area (Å²) in [5.74, 6) is 0. The van der Waals surface area contributed by atoms with Crippen LogP contribution < -0.4 is 11.5 Å². The summed E-state index contributed by atoms with van der Waals surface area (Å²) >= 11 is 0. The normalized spacial score (nSPS) is 45.0. The third-order valence-electron chi connectivity index (χ3n) is 3.74. The van der Waals surface area contributed by atoms with Gasteiger partial charge in [0.2, 0.25) is 0 Å². The molecule has 18 heavy (non-hydrogen) atoms. The van der Waals surface area contributed by atoms with E-state index in [1.165, 1.54) is 0 Å². The van der Waals surface area contributed by atoms with Gasteiger partial charge >= 0.3 is 0 Å². The lowest BCUT2D eigenvalue weighted by molar-refractivity contribution is -0.0206.